The van der Waals surface area contributed by atoms with Gasteiger partial charge in [-0.3, -0.25) is 9.78 Å². The Morgan fingerprint density at radius 2 is 2.11 bits per heavy atom. The van der Waals surface area contributed by atoms with Crippen LogP contribution in [0.25, 0.3) is 11.2 Å². The van der Waals surface area contributed by atoms with Crippen LogP contribution >= 0.6 is 0 Å². The molecular formula is C11H16N6O. The summed E-state index contributed by atoms with van der Waals surface area (Å²) in [6.07, 6.45) is 3.30. The molecule has 0 spiro atoms. The monoisotopic (exact) mass is 248 g/mol. The predicted octanol–water partition coefficient (Wildman–Crippen LogP) is 0.217. The second kappa shape index (κ2) is 3.81. The van der Waals surface area contributed by atoms with Crippen molar-refractivity contribution in [2.24, 2.45) is 0 Å². The van der Waals surface area contributed by atoms with Gasteiger partial charge in [-0.2, -0.15) is 4.98 Å². The molecule has 1 atom stereocenters. The maximum Gasteiger partial charge on any atom is 0.278 e. The van der Waals surface area contributed by atoms with Gasteiger partial charge in [-0.05, 0) is 32.7 Å². The third kappa shape index (κ3) is 1.67. The molecule has 2 aromatic rings. The fraction of sp³-hybridized carbons (Fsp3) is 0.545. The Hall–Kier alpha value is -1.89. The summed E-state index contributed by atoms with van der Waals surface area (Å²) in [4.78, 5) is 25.7. The van der Waals surface area contributed by atoms with E-state index >= 15 is 0 Å². The summed E-state index contributed by atoms with van der Waals surface area (Å²) in [5.41, 5.74) is 5.76. The molecule has 0 amide bonds. The van der Waals surface area contributed by atoms with Crippen LogP contribution in [0.2, 0.25) is 0 Å². The molecule has 1 saturated heterocycles. The van der Waals surface area contributed by atoms with Gasteiger partial charge in [0.15, 0.2) is 11.2 Å². The number of H-pyrrole nitrogens is 2. The average Bonchev–Trinajstić information content (AvgIpc) is 2.74. The second-order valence-corrected chi connectivity index (χ2v) is 4.95. The summed E-state index contributed by atoms with van der Waals surface area (Å²) < 4.78 is 0. The number of anilines is 1. The van der Waals surface area contributed by atoms with Crippen LogP contribution in [0.4, 0.5) is 5.95 Å². The van der Waals surface area contributed by atoms with E-state index < -0.39 is 0 Å². The van der Waals surface area contributed by atoms with E-state index in [1.54, 1.807) is 0 Å². The minimum Gasteiger partial charge on any atom is -0.369 e. The van der Waals surface area contributed by atoms with E-state index in [0.29, 0.717) is 11.2 Å². The molecule has 96 valence electrons. The number of nitrogens with zero attached hydrogens (tertiary/aromatic N) is 2. The Labute approximate surface area is 103 Å². The third-order valence-corrected chi connectivity index (χ3v) is 3.52. The van der Waals surface area contributed by atoms with E-state index in [4.69, 9.17) is 5.73 Å². The number of rotatable bonds is 1. The first-order chi connectivity index (χ1) is 8.58. The van der Waals surface area contributed by atoms with Gasteiger partial charge in [0.1, 0.15) is 5.82 Å². The number of nitrogens with one attached hydrogen (secondary N) is 3. The van der Waals surface area contributed by atoms with Crippen molar-refractivity contribution in [3.8, 4) is 0 Å². The molecule has 5 N–H and O–H groups in total. The van der Waals surface area contributed by atoms with Crippen molar-refractivity contribution in [2.75, 3.05) is 12.3 Å². The molecule has 1 fully saturated rings. The van der Waals surface area contributed by atoms with E-state index in [-0.39, 0.29) is 17.0 Å². The Bertz CT molecular complexity index is 637. The number of imidazole rings is 1. The highest BCUT2D eigenvalue weighted by molar-refractivity contribution is 5.70. The Kier molecular flexibility index (Phi) is 2.37. The summed E-state index contributed by atoms with van der Waals surface area (Å²) in [7, 11) is 0. The zero-order valence-corrected chi connectivity index (χ0v) is 10.2. The number of aromatic amines is 2. The number of nitrogen functional groups attached to an aromatic ring is 1. The molecule has 7 heteroatoms. The largest absolute Gasteiger partial charge is 0.369 e. The number of aromatic nitrogens is 4. The maximum atomic E-state index is 11.7. The van der Waals surface area contributed by atoms with E-state index in [2.05, 4.69) is 32.2 Å². The van der Waals surface area contributed by atoms with E-state index in [1.165, 1.54) is 6.42 Å². The van der Waals surface area contributed by atoms with Crippen molar-refractivity contribution in [1.82, 2.24) is 25.3 Å². The number of piperidine rings is 1. The molecule has 0 bridgehead atoms. The molecule has 1 unspecified atom stereocenters. The molecule has 3 heterocycles. The zero-order chi connectivity index (χ0) is 12.8. The first kappa shape index (κ1) is 11.2. The molecule has 0 aliphatic carbocycles. The smallest absolute Gasteiger partial charge is 0.278 e. The highest BCUT2D eigenvalue weighted by Crippen LogP contribution is 2.28. The Morgan fingerprint density at radius 1 is 1.28 bits per heavy atom. The lowest BCUT2D eigenvalue weighted by molar-refractivity contribution is 0.271. The molecule has 7 nitrogen and oxygen atoms in total. The second-order valence-electron chi connectivity index (χ2n) is 4.95. The minimum atomic E-state index is -0.282. The third-order valence-electron chi connectivity index (χ3n) is 3.52. The molecular weight excluding hydrogens is 232 g/mol. The van der Waals surface area contributed by atoms with Crippen LogP contribution in [-0.4, -0.2) is 26.5 Å². The highest BCUT2D eigenvalue weighted by atomic mass is 16.1. The molecule has 0 radical (unpaired) electrons. The quantitative estimate of drug-likeness (QED) is 0.576. The van der Waals surface area contributed by atoms with Gasteiger partial charge in [0.2, 0.25) is 5.95 Å². The van der Waals surface area contributed by atoms with Crippen molar-refractivity contribution < 1.29 is 0 Å². The van der Waals surface area contributed by atoms with Gasteiger partial charge >= 0.3 is 0 Å². The van der Waals surface area contributed by atoms with Crippen LogP contribution in [0.3, 0.4) is 0 Å². The fourth-order valence-corrected chi connectivity index (χ4v) is 2.44. The van der Waals surface area contributed by atoms with Crippen molar-refractivity contribution >= 4 is 17.1 Å². The minimum absolute atomic E-state index is 0.0901. The van der Waals surface area contributed by atoms with Crippen LogP contribution in [-0.2, 0) is 5.54 Å². The van der Waals surface area contributed by atoms with Crippen molar-refractivity contribution in [3.05, 3.63) is 16.2 Å². The molecule has 1 aliphatic rings. The average molecular weight is 248 g/mol. The van der Waals surface area contributed by atoms with E-state index in [9.17, 15) is 4.79 Å². The molecule has 2 aromatic heterocycles. The van der Waals surface area contributed by atoms with Gasteiger partial charge in [-0.25, -0.2) is 4.98 Å². The lowest BCUT2D eigenvalue weighted by Gasteiger charge is -2.32. The van der Waals surface area contributed by atoms with Crippen molar-refractivity contribution in [3.63, 3.8) is 0 Å². The van der Waals surface area contributed by atoms with Gasteiger partial charge < -0.3 is 16.0 Å². The van der Waals surface area contributed by atoms with Crippen LogP contribution in [0, 0.1) is 0 Å². The number of hydrogen-bond donors (Lipinski definition) is 4. The van der Waals surface area contributed by atoms with Crippen molar-refractivity contribution in [1.29, 1.82) is 0 Å². The standard InChI is InChI=1S/C11H16N6O/c1-11(4-2-3-5-13-11)9-14-6-7(15-9)16-10(12)17-8(6)18/h13H,2-5H2,1H3,(H4,12,14,15,16,17,18). The molecule has 0 saturated carbocycles. The van der Waals surface area contributed by atoms with Crippen molar-refractivity contribution in [2.45, 2.75) is 31.7 Å². The Balaban J connectivity index is 2.13. The van der Waals surface area contributed by atoms with Gasteiger partial charge in [0, 0.05) is 0 Å². The van der Waals surface area contributed by atoms with Gasteiger partial charge in [-0.1, -0.05) is 0 Å². The number of hydrogen-bond acceptors (Lipinski definition) is 5. The van der Waals surface area contributed by atoms with E-state index in [1.807, 2.05) is 0 Å². The summed E-state index contributed by atoms with van der Waals surface area (Å²) in [5, 5.41) is 3.44. The number of fused-ring (bicyclic) bond motifs is 1. The van der Waals surface area contributed by atoms with Crippen LogP contribution in [0.15, 0.2) is 4.79 Å². The first-order valence-corrected chi connectivity index (χ1v) is 6.09. The summed E-state index contributed by atoms with van der Waals surface area (Å²) in [5.74, 6) is 0.841. The lowest BCUT2D eigenvalue weighted by atomic mass is 9.90. The Morgan fingerprint density at radius 3 is 2.83 bits per heavy atom. The summed E-state index contributed by atoms with van der Waals surface area (Å²) >= 11 is 0. The number of nitrogens with two attached hydrogens (primary N) is 1. The normalized spacial score (nSPS) is 24.5. The van der Waals surface area contributed by atoms with Gasteiger partial charge in [0.25, 0.3) is 5.56 Å². The van der Waals surface area contributed by atoms with Gasteiger partial charge in [0.05, 0.1) is 5.54 Å². The van der Waals surface area contributed by atoms with Gasteiger partial charge in [-0.15, -0.1) is 0 Å². The topological polar surface area (TPSA) is 112 Å². The van der Waals surface area contributed by atoms with Crippen LogP contribution in [0.5, 0.6) is 0 Å². The lowest BCUT2D eigenvalue weighted by Crippen LogP contribution is -2.44. The molecule has 1 aliphatic heterocycles. The summed E-state index contributed by atoms with van der Waals surface area (Å²) in [6, 6.07) is 0. The molecule has 0 aromatic carbocycles. The first-order valence-electron chi connectivity index (χ1n) is 6.09. The van der Waals surface area contributed by atoms with Crippen LogP contribution < -0.4 is 16.6 Å². The van der Waals surface area contributed by atoms with E-state index in [0.717, 1.165) is 25.2 Å². The fourth-order valence-electron chi connectivity index (χ4n) is 2.44. The SMILES string of the molecule is CC1(c2nc3nc(N)[nH]c(=O)c3[nH]2)CCCCN1. The zero-order valence-electron chi connectivity index (χ0n) is 10.2. The molecule has 3 rings (SSSR count). The molecule has 18 heavy (non-hydrogen) atoms. The predicted molar refractivity (Wildman–Crippen MR) is 68.1 cm³/mol. The van der Waals surface area contributed by atoms with Crippen LogP contribution in [0.1, 0.15) is 32.0 Å². The highest BCUT2D eigenvalue weighted by Gasteiger charge is 2.31. The maximum absolute atomic E-state index is 11.7. The summed E-state index contributed by atoms with van der Waals surface area (Å²) in [6.45, 7) is 3.04.